The molecule has 118 valence electrons. The second-order valence-electron chi connectivity index (χ2n) is 6.07. The van der Waals surface area contributed by atoms with E-state index in [1.807, 2.05) is 6.07 Å². The van der Waals surface area contributed by atoms with E-state index in [-0.39, 0.29) is 5.78 Å². The van der Waals surface area contributed by atoms with Crippen molar-refractivity contribution in [3.8, 4) is 0 Å². The molecular formula is C17H20O5. The van der Waals surface area contributed by atoms with Crippen LogP contribution in [0.1, 0.15) is 31.1 Å². The van der Waals surface area contributed by atoms with E-state index in [2.05, 4.69) is 0 Å². The zero-order valence-corrected chi connectivity index (χ0v) is 13.2. The molecule has 1 aromatic carbocycles. The fraction of sp³-hybridized carbons (Fsp3) is 0.471. The smallest absolute Gasteiger partial charge is 0.321 e. The molecule has 0 spiro atoms. The van der Waals surface area contributed by atoms with Crippen molar-refractivity contribution in [2.24, 2.45) is 17.8 Å². The highest BCUT2D eigenvalue weighted by Gasteiger charge is 2.57. The zero-order chi connectivity index (χ0) is 16.5. The van der Waals surface area contributed by atoms with Crippen LogP contribution in [0.25, 0.3) is 0 Å². The number of Topliss-reactive ketones (excluding diaryl/α,β-unsaturated/α-hetero) is 1. The molecule has 0 aliphatic carbocycles. The van der Waals surface area contributed by atoms with Crippen molar-refractivity contribution in [1.29, 1.82) is 0 Å². The van der Waals surface area contributed by atoms with Crippen molar-refractivity contribution in [3.05, 3.63) is 35.9 Å². The summed E-state index contributed by atoms with van der Waals surface area (Å²) < 4.78 is 10.0. The highest BCUT2D eigenvalue weighted by Crippen LogP contribution is 2.43. The zero-order valence-electron chi connectivity index (χ0n) is 13.2. The molecule has 0 unspecified atom stereocenters. The average molecular weight is 304 g/mol. The van der Waals surface area contributed by atoms with E-state index in [0.29, 0.717) is 5.56 Å². The number of esters is 2. The first-order valence-corrected chi connectivity index (χ1v) is 7.19. The lowest BCUT2D eigenvalue weighted by molar-refractivity contribution is -0.156. The van der Waals surface area contributed by atoms with Gasteiger partial charge in [0.15, 0.2) is 11.7 Å². The van der Waals surface area contributed by atoms with E-state index in [1.54, 1.807) is 45.0 Å². The minimum Gasteiger partial charge on any atom is -0.468 e. The number of cyclic esters (lactones) is 1. The molecule has 2 rings (SSSR count). The van der Waals surface area contributed by atoms with E-state index in [1.165, 1.54) is 7.11 Å². The molecule has 0 radical (unpaired) electrons. The number of benzene rings is 1. The lowest BCUT2D eigenvalue weighted by Crippen LogP contribution is -2.41. The van der Waals surface area contributed by atoms with Crippen LogP contribution in [-0.4, -0.2) is 30.4 Å². The summed E-state index contributed by atoms with van der Waals surface area (Å²) in [4.78, 5) is 36.6. The molecule has 0 saturated carbocycles. The number of ketones is 1. The highest BCUT2D eigenvalue weighted by atomic mass is 16.6. The predicted octanol–water partition coefficient (Wildman–Crippen LogP) is 2.25. The fourth-order valence-corrected chi connectivity index (χ4v) is 3.23. The largest absolute Gasteiger partial charge is 0.468 e. The van der Waals surface area contributed by atoms with E-state index >= 15 is 0 Å². The Morgan fingerprint density at radius 2 is 1.82 bits per heavy atom. The summed E-state index contributed by atoms with van der Waals surface area (Å²) in [6, 6.07) is 8.82. The number of hydrogen-bond donors (Lipinski definition) is 0. The second kappa shape index (κ2) is 5.91. The van der Waals surface area contributed by atoms with Crippen molar-refractivity contribution in [2.45, 2.75) is 26.4 Å². The Hall–Kier alpha value is -2.17. The van der Waals surface area contributed by atoms with Crippen LogP contribution in [0.5, 0.6) is 0 Å². The number of ether oxygens (including phenoxy) is 2. The summed E-state index contributed by atoms with van der Waals surface area (Å²) >= 11 is 0. The van der Waals surface area contributed by atoms with Crippen LogP contribution in [0.15, 0.2) is 30.3 Å². The summed E-state index contributed by atoms with van der Waals surface area (Å²) in [5.74, 6) is -3.59. The maximum absolute atomic E-state index is 12.7. The third-order valence-corrected chi connectivity index (χ3v) is 4.25. The van der Waals surface area contributed by atoms with Gasteiger partial charge in [0.1, 0.15) is 5.60 Å². The van der Waals surface area contributed by atoms with Crippen LogP contribution in [0.3, 0.4) is 0 Å². The molecule has 1 saturated heterocycles. The minimum absolute atomic E-state index is 0.120. The average Bonchev–Trinajstić information content (AvgIpc) is 2.74. The molecule has 1 fully saturated rings. The van der Waals surface area contributed by atoms with Gasteiger partial charge in [0.25, 0.3) is 0 Å². The molecule has 0 aromatic heterocycles. The van der Waals surface area contributed by atoms with Crippen LogP contribution in [0, 0.1) is 17.8 Å². The summed E-state index contributed by atoms with van der Waals surface area (Å²) in [6.07, 6.45) is 0. The van der Waals surface area contributed by atoms with Gasteiger partial charge in [0, 0.05) is 17.4 Å². The number of hydrogen-bond acceptors (Lipinski definition) is 5. The number of carbonyl (C=O) groups excluding carboxylic acids is 3. The number of methoxy groups -OCH3 is 1. The van der Waals surface area contributed by atoms with Gasteiger partial charge in [-0.3, -0.25) is 14.4 Å². The molecule has 1 aliphatic rings. The number of carbonyl (C=O) groups is 3. The van der Waals surface area contributed by atoms with Crippen LogP contribution in [0.2, 0.25) is 0 Å². The fourth-order valence-electron chi connectivity index (χ4n) is 3.23. The normalized spacial score (nSPS) is 24.5. The first-order chi connectivity index (χ1) is 10.3. The molecule has 5 heteroatoms. The van der Waals surface area contributed by atoms with E-state index in [9.17, 15) is 14.4 Å². The van der Waals surface area contributed by atoms with Crippen molar-refractivity contribution in [3.63, 3.8) is 0 Å². The maximum atomic E-state index is 12.7. The Kier molecular flexibility index (Phi) is 4.35. The molecule has 22 heavy (non-hydrogen) atoms. The van der Waals surface area contributed by atoms with Gasteiger partial charge >= 0.3 is 11.9 Å². The number of rotatable bonds is 4. The van der Waals surface area contributed by atoms with Gasteiger partial charge in [-0.05, 0) is 13.8 Å². The van der Waals surface area contributed by atoms with Gasteiger partial charge in [0.2, 0.25) is 0 Å². The van der Waals surface area contributed by atoms with Crippen LogP contribution < -0.4 is 0 Å². The summed E-state index contributed by atoms with van der Waals surface area (Å²) in [6.45, 7) is 5.15. The van der Waals surface area contributed by atoms with Crippen LogP contribution in [0.4, 0.5) is 0 Å². The van der Waals surface area contributed by atoms with Crippen molar-refractivity contribution in [1.82, 2.24) is 0 Å². The van der Waals surface area contributed by atoms with Gasteiger partial charge in [0.05, 0.1) is 7.11 Å². The van der Waals surface area contributed by atoms with Gasteiger partial charge < -0.3 is 9.47 Å². The molecule has 0 amide bonds. The van der Waals surface area contributed by atoms with Gasteiger partial charge in [-0.1, -0.05) is 37.3 Å². The molecule has 1 aromatic rings. The SMILES string of the molecule is COC(=O)[C@H]1C(=O)OC(C)(C)[C@H]1[C@H](C)C(=O)c1ccccc1. The molecule has 3 atom stereocenters. The Bertz CT molecular complexity index is 590. The quantitative estimate of drug-likeness (QED) is 0.485. The standard InChI is InChI=1S/C17H20O5/c1-10(14(18)11-8-6-5-7-9-11)13-12(15(19)21-4)16(20)22-17(13,2)3/h5-10,12-13H,1-4H3/t10-,12-,13-/m0/s1. The lowest BCUT2D eigenvalue weighted by Gasteiger charge is -2.30. The van der Waals surface area contributed by atoms with E-state index in [4.69, 9.17) is 9.47 Å². The molecule has 1 aliphatic heterocycles. The Morgan fingerprint density at radius 1 is 1.23 bits per heavy atom. The van der Waals surface area contributed by atoms with Crippen LogP contribution >= 0.6 is 0 Å². The molecule has 0 N–H and O–H groups in total. The van der Waals surface area contributed by atoms with Gasteiger partial charge in [-0.25, -0.2) is 0 Å². The molecule has 5 nitrogen and oxygen atoms in total. The Morgan fingerprint density at radius 3 is 2.36 bits per heavy atom. The predicted molar refractivity (Wildman–Crippen MR) is 79.1 cm³/mol. The summed E-state index contributed by atoms with van der Waals surface area (Å²) in [7, 11) is 1.22. The second-order valence-corrected chi connectivity index (χ2v) is 6.07. The van der Waals surface area contributed by atoms with E-state index < -0.39 is 35.3 Å². The van der Waals surface area contributed by atoms with Crippen molar-refractivity contribution < 1.29 is 23.9 Å². The highest BCUT2D eigenvalue weighted by molar-refractivity contribution is 6.01. The van der Waals surface area contributed by atoms with Gasteiger partial charge in [-0.2, -0.15) is 0 Å². The topological polar surface area (TPSA) is 69.7 Å². The third-order valence-electron chi connectivity index (χ3n) is 4.25. The molecule has 1 heterocycles. The van der Waals surface area contributed by atoms with Gasteiger partial charge in [-0.15, -0.1) is 0 Å². The third kappa shape index (κ3) is 2.75. The van der Waals surface area contributed by atoms with Crippen molar-refractivity contribution in [2.75, 3.05) is 7.11 Å². The van der Waals surface area contributed by atoms with Crippen LogP contribution in [-0.2, 0) is 19.1 Å². The van der Waals surface area contributed by atoms with E-state index in [0.717, 1.165) is 0 Å². The maximum Gasteiger partial charge on any atom is 0.321 e. The van der Waals surface area contributed by atoms with Crippen molar-refractivity contribution >= 4 is 17.7 Å². The monoisotopic (exact) mass is 304 g/mol. The minimum atomic E-state index is -1.07. The Balaban J connectivity index is 2.36. The first-order valence-electron chi connectivity index (χ1n) is 7.19. The molecular weight excluding hydrogens is 284 g/mol. The summed E-state index contributed by atoms with van der Waals surface area (Å²) in [5.41, 5.74) is -0.353. The first kappa shape index (κ1) is 16.2. The lowest BCUT2D eigenvalue weighted by atomic mass is 9.72. The Labute approximate surface area is 129 Å². The molecule has 0 bridgehead atoms. The summed E-state index contributed by atoms with van der Waals surface area (Å²) in [5, 5.41) is 0.